The van der Waals surface area contributed by atoms with Gasteiger partial charge in [-0.1, -0.05) is 35.9 Å². The van der Waals surface area contributed by atoms with Crippen molar-refractivity contribution in [2.75, 3.05) is 19.6 Å². The molecule has 5 heteroatoms. The third kappa shape index (κ3) is 4.72. The highest BCUT2D eigenvalue weighted by Crippen LogP contribution is 2.40. The van der Waals surface area contributed by atoms with E-state index in [1.54, 1.807) is 0 Å². The summed E-state index contributed by atoms with van der Waals surface area (Å²) < 4.78 is 0. The third-order valence-corrected chi connectivity index (χ3v) is 6.70. The van der Waals surface area contributed by atoms with E-state index in [1.807, 2.05) is 47.1 Å². The van der Waals surface area contributed by atoms with Crippen molar-refractivity contribution in [2.24, 2.45) is 5.41 Å². The highest BCUT2D eigenvalue weighted by atomic mass is 16.2. The normalized spacial score (nSPS) is 18.7. The number of carbonyl (C=O) groups is 2. The van der Waals surface area contributed by atoms with Gasteiger partial charge >= 0.3 is 0 Å². The van der Waals surface area contributed by atoms with Gasteiger partial charge in [0.1, 0.15) is 0 Å². The number of rotatable bonds is 4. The Hall–Kier alpha value is -2.69. The molecule has 0 aliphatic carbocycles. The number of carbonyl (C=O) groups excluding carboxylic acids is 2. The molecular weight excluding hydrogens is 374 g/mol. The molecule has 30 heavy (non-hydrogen) atoms. The highest BCUT2D eigenvalue weighted by Gasteiger charge is 2.41. The SMILES string of the molecule is Cc1ccc(CC(=O)N2CCC3(CCC(=O)N(Cc4cccc(C)n4)C3)CC2)cc1. The van der Waals surface area contributed by atoms with Crippen molar-refractivity contribution in [3.63, 3.8) is 0 Å². The Labute approximate surface area is 179 Å². The van der Waals surface area contributed by atoms with Crippen LogP contribution in [0.4, 0.5) is 0 Å². The molecule has 3 heterocycles. The van der Waals surface area contributed by atoms with Gasteiger partial charge in [0.2, 0.25) is 11.8 Å². The topological polar surface area (TPSA) is 53.5 Å². The van der Waals surface area contributed by atoms with Crippen LogP contribution in [0.3, 0.4) is 0 Å². The van der Waals surface area contributed by atoms with E-state index in [0.29, 0.717) is 19.4 Å². The Bertz CT molecular complexity index is 914. The molecule has 0 unspecified atom stereocenters. The number of likely N-dealkylation sites (tertiary alicyclic amines) is 2. The van der Waals surface area contributed by atoms with Crippen LogP contribution in [-0.4, -0.2) is 46.2 Å². The second-order valence-electron chi connectivity index (χ2n) is 9.06. The molecule has 1 aromatic carbocycles. The van der Waals surface area contributed by atoms with Gasteiger partial charge in [-0.15, -0.1) is 0 Å². The zero-order valence-electron chi connectivity index (χ0n) is 18.1. The molecule has 2 aromatic rings. The lowest BCUT2D eigenvalue weighted by Crippen LogP contribution is -2.52. The fourth-order valence-electron chi connectivity index (χ4n) is 4.76. The van der Waals surface area contributed by atoms with Gasteiger partial charge in [0.05, 0.1) is 18.7 Å². The average molecular weight is 406 g/mol. The van der Waals surface area contributed by atoms with Crippen LogP contribution in [0.2, 0.25) is 0 Å². The minimum Gasteiger partial charge on any atom is -0.342 e. The first kappa shape index (κ1) is 20.6. The van der Waals surface area contributed by atoms with Crippen LogP contribution in [0.1, 0.15) is 48.2 Å². The van der Waals surface area contributed by atoms with Gasteiger partial charge in [-0.25, -0.2) is 0 Å². The van der Waals surface area contributed by atoms with E-state index in [0.717, 1.165) is 55.8 Å². The number of hydrogen-bond donors (Lipinski definition) is 0. The zero-order valence-corrected chi connectivity index (χ0v) is 18.1. The fourth-order valence-corrected chi connectivity index (χ4v) is 4.76. The minimum atomic E-state index is 0.137. The van der Waals surface area contributed by atoms with Gasteiger partial charge in [0, 0.05) is 31.7 Å². The molecule has 1 spiro atoms. The number of hydrogen-bond acceptors (Lipinski definition) is 3. The summed E-state index contributed by atoms with van der Waals surface area (Å²) in [5.41, 5.74) is 4.35. The number of nitrogens with zero attached hydrogens (tertiary/aromatic N) is 3. The molecule has 4 rings (SSSR count). The second-order valence-corrected chi connectivity index (χ2v) is 9.06. The van der Waals surface area contributed by atoms with Crippen LogP contribution in [0.15, 0.2) is 42.5 Å². The molecule has 5 nitrogen and oxygen atoms in total. The van der Waals surface area contributed by atoms with E-state index in [9.17, 15) is 9.59 Å². The second kappa shape index (κ2) is 8.58. The van der Waals surface area contributed by atoms with Crippen LogP contribution in [0.25, 0.3) is 0 Å². The predicted octanol–water partition coefficient (Wildman–Crippen LogP) is 3.67. The van der Waals surface area contributed by atoms with Gasteiger partial charge in [-0.2, -0.15) is 0 Å². The van der Waals surface area contributed by atoms with E-state index in [1.165, 1.54) is 5.56 Å². The first-order valence-corrected chi connectivity index (χ1v) is 11.0. The summed E-state index contributed by atoms with van der Waals surface area (Å²) in [5, 5.41) is 0. The Balaban J connectivity index is 1.35. The quantitative estimate of drug-likeness (QED) is 0.780. The third-order valence-electron chi connectivity index (χ3n) is 6.70. The summed E-state index contributed by atoms with van der Waals surface area (Å²) in [5.74, 6) is 0.434. The molecule has 2 amide bonds. The lowest BCUT2D eigenvalue weighted by Gasteiger charge is -2.47. The standard InChI is InChI=1S/C25H31N3O2/c1-19-6-8-21(9-7-19)16-24(30)27-14-12-25(13-15-27)11-10-23(29)28(18-25)17-22-5-3-4-20(2)26-22/h3-9H,10-18H2,1-2H3. The number of aryl methyl sites for hydroxylation is 2. The molecule has 2 fully saturated rings. The Morgan fingerprint density at radius 1 is 1.03 bits per heavy atom. The average Bonchev–Trinajstić information content (AvgIpc) is 2.73. The predicted molar refractivity (Wildman–Crippen MR) is 117 cm³/mol. The molecular formula is C25H31N3O2. The summed E-state index contributed by atoms with van der Waals surface area (Å²) >= 11 is 0. The lowest BCUT2D eigenvalue weighted by atomic mass is 9.72. The van der Waals surface area contributed by atoms with Crippen LogP contribution in [0.5, 0.6) is 0 Å². The van der Waals surface area contributed by atoms with Gasteiger partial charge in [0.25, 0.3) is 0 Å². The van der Waals surface area contributed by atoms with E-state index in [-0.39, 0.29) is 17.2 Å². The molecule has 2 saturated heterocycles. The number of amides is 2. The lowest BCUT2D eigenvalue weighted by molar-refractivity contribution is -0.143. The van der Waals surface area contributed by atoms with Gasteiger partial charge in [0.15, 0.2) is 0 Å². The van der Waals surface area contributed by atoms with Crippen LogP contribution in [0, 0.1) is 19.3 Å². The highest BCUT2D eigenvalue weighted by molar-refractivity contribution is 5.79. The smallest absolute Gasteiger partial charge is 0.226 e. The number of piperidine rings is 2. The molecule has 158 valence electrons. The van der Waals surface area contributed by atoms with Crippen molar-refractivity contribution < 1.29 is 9.59 Å². The van der Waals surface area contributed by atoms with Crippen molar-refractivity contribution in [3.8, 4) is 0 Å². The van der Waals surface area contributed by atoms with Crippen molar-refractivity contribution in [2.45, 2.75) is 52.5 Å². The van der Waals surface area contributed by atoms with Crippen molar-refractivity contribution in [3.05, 3.63) is 65.0 Å². The van der Waals surface area contributed by atoms with Crippen LogP contribution >= 0.6 is 0 Å². The van der Waals surface area contributed by atoms with E-state index in [2.05, 4.69) is 24.0 Å². The number of benzene rings is 1. The number of pyridine rings is 1. The fraction of sp³-hybridized carbons (Fsp3) is 0.480. The molecule has 1 aromatic heterocycles. The maximum absolute atomic E-state index is 12.8. The first-order valence-electron chi connectivity index (χ1n) is 11.0. The number of aromatic nitrogens is 1. The van der Waals surface area contributed by atoms with E-state index >= 15 is 0 Å². The van der Waals surface area contributed by atoms with Gasteiger partial charge in [-0.05, 0) is 56.2 Å². The van der Waals surface area contributed by atoms with E-state index in [4.69, 9.17) is 0 Å². The molecule has 0 N–H and O–H groups in total. The molecule has 0 bridgehead atoms. The zero-order chi connectivity index (χ0) is 21.1. The first-order chi connectivity index (χ1) is 14.4. The maximum Gasteiger partial charge on any atom is 0.226 e. The minimum absolute atomic E-state index is 0.137. The molecule has 0 atom stereocenters. The monoisotopic (exact) mass is 405 g/mol. The largest absolute Gasteiger partial charge is 0.342 e. The summed E-state index contributed by atoms with van der Waals surface area (Å²) in [6.07, 6.45) is 3.94. The molecule has 2 aliphatic heterocycles. The summed E-state index contributed by atoms with van der Waals surface area (Å²) in [6.45, 7) is 6.97. The Morgan fingerprint density at radius 3 is 2.47 bits per heavy atom. The maximum atomic E-state index is 12.8. The van der Waals surface area contributed by atoms with Gasteiger partial charge < -0.3 is 9.80 Å². The van der Waals surface area contributed by atoms with Crippen molar-refractivity contribution in [1.82, 2.24) is 14.8 Å². The van der Waals surface area contributed by atoms with Gasteiger partial charge in [-0.3, -0.25) is 14.6 Å². The van der Waals surface area contributed by atoms with Crippen LogP contribution < -0.4 is 0 Å². The Morgan fingerprint density at radius 2 is 1.77 bits per heavy atom. The molecule has 2 aliphatic rings. The Kier molecular flexibility index (Phi) is 5.89. The summed E-state index contributed by atoms with van der Waals surface area (Å²) in [7, 11) is 0. The summed E-state index contributed by atoms with van der Waals surface area (Å²) in [6, 6.07) is 14.2. The van der Waals surface area contributed by atoms with Crippen molar-refractivity contribution >= 4 is 11.8 Å². The summed E-state index contributed by atoms with van der Waals surface area (Å²) in [4.78, 5) is 33.9. The molecule has 0 radical (unpaired) electrons. The molecule has 0 saturated carbocycles. The van der Waals surface area contributed by atoms with Crippen molar-refractivity contribution in [1.29, 1.82) is 0 Å². The van der Waals surface area contributed by atoms with Crippen LogP contribution in [-0.2, 0) is 22.6 Å². The van der Waals surface area contributed by atoms with E-state index < -0.39 is 0 Å².